The van der Waals surface area contributed by atoms with E-state index in [1.165, 1.54) is 7.11 Å². The number of hydrogen-bond acceptors (Lipinski definition) is 5. The Morgan fingerprint density at radius 2 is 1.91 bits per heavy atom. The van der Waals surface area contributed by atoms with Crippen LogP contribution in [-0.4, -0.2) is 30.4 Å². The van der Waals surface area contributed by atoms with Gasteiger partial charge in [-0.25, -0.2) is 5.43 Å². The van der Waals surface area contributed by atoms with Crippen LogP contribution in [0, 0.1) is 0 Å². The van der Waals surface area contributed by atoms with Gasteiger partial charge in [-0.05, 0) is 31.2 Å². The number of phenols is 1. The van der Waals surface area contributed by atoms with Crippen molar-refractivity contribution in [2.24, 2.45) is 5.10 Å². The molecule has 2 aromatic rings. The van der Waals surface area contributed by atoms with Crippen molar-refractivity contribution < 1.29 is 19.4 Å². The molecule has 0 radical (unpaired) electrons. The molecule has 6 heteroatoms. The maximum absolute atomic E-state index is 11.8. The van der Waals surface area contributed by atoms with E-state index in [0.29, 0.717) is 17.2 Å². The monoisotopic (exact) mass is 314 g/mol. The highest BCUT2D eigenvalue weighted by atomic mass is 16.5. The van der Waals surface area contributed by atoms with Gasteiger partial charge in [-0.15, -0.1) is 0 Å². The van der Waals surface area contributed by atoms with Gasteiger partial charge < -0.3 is 14.6 Å². The summed E-state index contributed by atoms with van der Waals surface area (Å²) in [6.45, 7) is 1.55. The molecule has 0 aromatic heterocycles. The third-order valence-corrected chi connectivity index (χ3v) is 3.04. The Kier molecular flexibility index (Phi) is 5.57. The second-order valence-corrected chi connectivity index (χ2v) is 4.72. The predicted octanol–water partition coefficient (Wildman–Crippen LogP) is 2.32. The normalized spacial score (nSPS) is 11.0. The average molecular weight is 314 g/mol. The number of carbonyl (C=O) groups is 1. The fourth-order valence-electron chi connectivity index (χ4n) is 1.86. The number of rotatable bonds is 6. The van der Waals surface area contributed by atoms with E-state index in [1.54, 1.807) is 49.4 Å². The highest BCUT2D eigenvalue weighted by molar-refractivity contribution is 5.99. The molecule has 0 spiro atoms. The van der Waals surface area contributed by atoms with Crippen LogP contribution in [-0.2, 0) is 4.79 Å². The number of nitrogens with one attached hydrogen (secondary N) is 1. The summed E-state index contributed by atoms with van der Waals surface area (Å²) in [6, 6.07) is 13.7. The number of para-hydroxylation sites is 2. The van der Waals surface area contributed by atoms with Gasteiger partial charge in [0.05, 0.1) is 12.8 Å². The summed E-state index contributed by atoms with van der Waals surface area (Å²) in [5.41, 5.74) is 3.70. The summed E-state index contributed by atoms with van der Waals surface area (Å²) in [4.78, 5) is 11.8. The fraction of sp³-hybridized carbons (Fsp3) is 0.176. The summed E-state index contributed by atoms with van der Waals surface area (Å²) < 4.78 is 10.5. The summed E-state index contributed by atoms with van der Waals surface area (Å²) in [7, 11) is 1.53. The molecule has 2 aromatic carbocycles. The molecule has 0 aliphatic carbocycles. The van der Waals surface area contributed by atoms with Crippen LogP contribution in [0.5, 0.6) is 17.2 Å². The number of ether oxygens (including phenoxy) is 2. The van der Waals surface area contributed by atoms with Gasteiger partial charge in [0.25, 0.3) is 5.91 Å². The second kappa shape index (κ2) is 7.84. The minimum atomic E-state index is -0.393. The van der Waals surface area contributed by atoms with E-state index in [9.17, 15) is 9.90 Å². The summed E-state index contributed by atoms with van der Waals surface area (Å²) in [5, 5.41) is 13.4. The molecule has 2 rings (SSSR count). The maximum Gasteiger partial charge on any atom is 0.277 e. The minimum absolute atomic E-state index is 0.142. The lowest BCUT2D eigenvalue weighted by Crippen LogP contribution is -2.25. The van der Waals surface area contributed by atoms with Gasteiger partial charge in [0.15, 0.2) is 18.1 Å². The van der Waals surface area contributed by atoms with Crippen LogP contribution in [0.4, 0.5) is 0 Å². The molecule has 23 heavy (non-hydrogen) atoms. The minimum Gasteiger partial charge on any atom is -0.508 e. The van der Waals surface area contributed by atoms with Gasteiger partial charge in [-0.2, -0.15) is 5.10 Å². The van der Waals surface area contributed by atoms with E-state index in [-0.39, 0.29) is 12.4 Å². The highest BCUT2D eigenvalue weighted by Gasteiger charge is 2.06. The number of amides is 1. The van der Waals surface area contributed by atoms with Gasteiger partial charge in [-0.1, -0.05) is 24.3 Å². The lowest BCUT2D eigenvalue weighted by Gasteiger charge is -2.09. The molecule has 1 amide bonds. The summed E-state index contributed by atoms with van der Waals surface area (Å²) in [5.74, 6) is 0.789. The van der Waals surface area contributed by atoms with Gasteiger partial charge in [-0.3, -0.25) is 4.79 Å². The van der Waals surface area contributed by atoms with Crippen molar-refractivity contribution in [2.45, 2.75) is 6.92 Å². The third-order valence-electron chi connectivity index (χ3n) is 3.04. The Hall–Kier alpha value is -3.02. The van der Waals surface area contributed by atoms with Gasteiger partial charge in [0, 0.05) is 5.56 Å². The standard InChI is InChI=1S/C17H18N2O4/c1-12(13-6-5-7-14(20)10-13)18-19-17(21)11-23-16-9-4-3-8-15(16)22-2/h3-10,20H,11H2,1-2H3,(H,19,21)/b18-12-. The molecule has 2 N–H and O–H groups in total. The summed E-state index contributed by atoms with van der Waals surface area (Å²) >= 11 is 0. The third kappa shape index (κ3) is 4.74. The summed E-state index contributed by atoms with van der Waals surface area (Å²) in [6.07, 6.45) is 0. The van der Waals surface area contributed by atoms with Gasteiger partial charge in [0.1, 0.15) is 5.75 Å². The zero-order chi connectivity index (χ0) is 16.7. The van der Waals surface area contributed by atoms with Crippen molar-refractivity contribution in [3.63, 3.8) is 0 Å². The van der Waals surface area contributed by atoms with Crippen molar-refractivity contribution in [2.75, 3.05) is 13.7 Å². The van der Waals surface area contributed by atoms with Gasteiger partial charge in [0.2, 0.25) is 0 Å². The van der Waals surface area contributed by atoms with E-state index in [0.717, 1.165) is 5.56 Å². The Morgan fingerprint density at radius 3 is 2.61 bits per heavy atom. The predicted molar refractivity (Wildman–Crippen MR) is 86.9 cm³/mol. The molecule has 0 unspecified atom stereocenters. The zero-order valence-electron chi connectivity index (χ0n) is 12.9. The van der Waals surface area contributed by atoms with E-state index >= 15 is 0 Å². The largest absolute Gasteiger partial charge is 0.508 e. The van der Waals surface area contributed by atoms with Crippen LogP contribution in [0.25, 0.3) is 0 Å². The molecule has 0 aliphatic rings. The van der Waals surface area contributed by atoms with E-state index < -0.39 is 5.91 Å². The molecule has 0 bridgehead atoms. The van der Waals surface area contributed by atoms with Crippen molar-refractivity contribution in [3.8, 4) is 17.2 Å². The number of carbonyl (C=O) groups excluding carboxylic acids is 1. The fourth-order valence-corrected chi connectivity index (χ4v) is 1.86. The first-order valence-electron chi connectivity index (χ1n) is 6.98. The van der Waals surface area contributed by atoms with Crippen molar-refractivity contribution >= 4 is 11.6 Å². The lowest BCUT2D eigenvalue weighted by molar-refractivity contribution is -0.123. The number of methoxy groups -OCH3 is 1. The molecular weight excluding hydrogens is 296 g/mol. The van der Waals surface area contributed by atoms with Crippen LogP contribution in [0.1, 0.15) is 12.5 Å². The van der Waals surface area contributed by atoms with Crippen LogP contribution in [0.15, 0.2) is 53.6 Å². The van der Waals surface area contributed by atoms with E-state index in [1.807, 2.05) is 6.07 Å². The van der Waals surface area contributed by atoms with E-state index in [4.69, 9.17) is 9.47 Å². The van der Waals surface area contributed by atoms with Crippen molar-refractivity contribution in [3.05, 3.63) is 54.1 Å². The lowest BCUT2D eigenvalue weighted by atomic mass is 10.1. The average Bonchev–Trinajstić information content (AvgIpc) is 2.58. The van der Waals surface area contributed by atoms with Crippen LogP contribution in [0.2, 0.25) is 0 Å². The smallest absolute Gasteiger partial charge is 0.277 e. The Labute approximate surface area is 134 Å². The van der Waals surface area contributed by atoms with Crippen molar-refractivity contribution in [1.29, 1.82) is 0 Å². The van der Waals surface area contributed by atoms with E-state index in [2.05, 4.69) is 10.5 Å². The molecule has 0 atom stereocenters. The van der Waals surface area contributed by atoms with Crippen LogP contribution in [0.3, 0.4) is 0 Å². The Balaban J connectivity index is 1.91. The first kappa shape index (κ1) is 16.4. The zero-order valence-corrected chi connectivity index (χ0v) is 12.9. The Bertz CT molecular complexity index is 713. The number of phenolic OH excluding ortho intramolecular Hbond substituents is 1. The molecule has 0 saturated heterocycles. The topological polar surface area (TPSA) is 80.2 Å². The number of nitrogens with zero attached hydrogens (tertiary/aromatic N) is 1. The number of aromatic hydroxyl groups is 1. The van der Waals surface area contributed by atoms with Gasteiger partial charge >= 0.3 is 0 Å². The highest BCUT2D eigenvalue weighted by Crippen LogP contribution is 2.25. The molecule has 120 valence electrons. The number of benzene rings is 2. The molecular formula is C17H18N2O4. The maximum atomic E-state index is 11.8. The number of hydrazone groups is 1. The quantitative estimate of drug-likeness (QED) is 0.633. The van der Waals surface area contributed by atoms with Crippen LogP contribution >= 0.6 is 0 Å². The van der Waals surface area contributed by atoms with Crippen molar-refractivity contribution in [1.82, 2.24) is 5.43 Å². The molecule has 0 fully saturated rings. The first-order chi connectivity index (χ1) is 11.1. The SMILES string of the molecule is COc1ccccc1OCC(=O)N/N=C(/C)c1cccc(O)c1. The molecule has 0 saturated carbocycles. The first-order valence-corrected chi connectivity index (χ1v) is 6.98. The van der Waals surface area contributed by atoms with Crippen LogP contribution < -0.4 is 14.9 Å². The molecule has 6 nitrogen and oxygen atoms in total. The second-order valence-electron chi connectivity index (χ2n) is 4.72. The molecule has 0 heterocycles. The molecule has 0 aliphatic heterocycles. The Morgan fingerprint density at radius 1 is 1.17 bits per heavy atom. The number of hydrogen-bond donors (Lipinski definition) is 2.